The first-order valence-corrected chi connectivity index (χ1v) is 4.50. The van der Waals surface area contributed by atoms with Gasteiger partial charge in [0, 0.05) is 6.92 Å². The lowest BCUT2D eigenvalue weighted by Crippen LogP contribution is -2.45. The van der Waals surface area contributed by atoms with Gasteiger partial charge in [-0.05, 0) is 5.92 Å². The van der Waals surface area contributed by atoms with Gasteiger partial charge in [0.15, 0.2) is 6.61 Å². The van der Waals surface area contributed by atoms with E-state index in [2.05, 4.69) is 10.1 Å². The van der Waals surface area contributed by atoms with Crippen LogP contribution in [0.15, 0.2) is 0 Å². The molecule has 0 aromatic heterocycles. The molecule has 0 aliphatic heterocycles. The largest absolute Gasteiger partial charge is 0.480 e. The highest BCUT2D eigenvalue weighted by Crippen LogP contribution is 2.01. The summed E-state index contributed by atoms with van der Waals surface area (Å²) in [6, 6.07) is -0.965. The van der Waals surface area contributed by atoms with Gasteiger partial charge in [-0.15, -0.1) is 0 Å². The van der Waals surface area contributed by atoms with Crippen molar-refractivity contribution in [2.75, 3.05) is 6.61 Å². The number of carbonyl (C=O) groups excluding carboxylic acids is 2. The average Bonchev–Trinajstić information content (AvgIpc) is 2.09. The maximum absolute atomic E-state index is 11.1. The first kappa shape index (κ1) is 13.4. The summed E-state index contributed by atoms with van der Waals surface area (Å²) in [6.07, 6.45) is 0. The predicted octanol–water partition coefficient (Wildman–Crippen LogP) is -0.225. The van der Waals surface area contributed by atoms with Gasteiger partial charge in [-0.25, -0.2) is 4.79 Å². The molecule has 86 valence electrons. The Morgan fingerprint density at radius 3 is 2.20 bits per heavy atom. The molecule has 0 rings (SSSR count). The standard InChI is InChI=1S/C9H15NO5/c1-5(2)8(9(13)14)10-7(12)4-15-6(3)11/h5,8H,4H2,1-3H3,(H,10,12)(H,13,14)/t8-/m0/s1. The van der Waals surface area contributed by atoms with Gasteiger partial charge in [0.05, 0.1) is 0 Å². The van der Waals surface area contributed by atoms with E-state index in [0.717, 1.165) is 0 Å². The molecule has 0 saturated heterocycles. The van der Waals surface area contributed by atoms with Crippen LogP contribution in [0.25, 0.3) is 0 Å². The molecule has 0 spiro atoms. The summed E-state index contributed by atoms with van der Waals surface area (Å²) < 4.78 is 4.42. The van der Waals surface area contributed by atoms with Crippen LogP contribution in [0, 0.1) is 5.92 Å². The van der Waals surface area contributed by atoms with Crippen LogP contribution in [0.3, 0.4) is 0 Å². The Bertz CT molecular complexity index is 261. The molecule has 0 fully saturated rings. The van der Waals surface area contributed by atoms with Crippen LogP contribution < -0.4 is 5.32 Å². The minimum Gasteiger partial charge on any atom is -0.480 e. The third kappa shape index (κ3) is 5.66. The van der Waals surface area contributed by atoms with Crippen molar-refractivity contribution in [3.05, 3.63) is 0 Å². The first-order chi connectivity index (χ1) is 6.84. The lowest BCUT2D eigenvalue weighted by Gasteiger charge is -2.17. The number of aliphatic carboxylic acids is 1. The van der Waals surface area contributed by atoms with Gasteiger partial charge < -0.3 is 15.2 Å². The first-order valence-electron chi connectivity index (χ1n) is 4.50. The molecule has 0 aliphatic rings. The molecule has 0 radical (unpaired) electrons. The van der Waals surface area contributed by atoms with Gasteiger partial charge in [-0.2, -0.15) is 0 Å². The molecule has 0 bridgehead atoms. The van der Waals surface area contributed by atoms with Crippen molar-refractivity contribution in [1.82, 2.24) is 5.32 Å². The second kappa shape index (κ2) is 6.00. The number of hydrogen-bond acceptors (Lipinski definition) is 4. The molecule has 6 nitrogen and oxygen atoms in total. The Morgan fingerprint density at radius 1 is 1.33 bits per heavy atom. The molecule has 0 heterocycles. The van der Waals surface area contributed by atoms with Crippen molar-refractivity contribution in [3.8, 4) is 0 Å². The third-order valence-corrected chi connectivity index (χ3v) is 1.66. The van der Waals surface area contributed by atoms with E-state index in [4.69, 9.17) is 5.11 Å². The van der Waals surface area contributed by atoms with E-state index in [-0.39, 0.29) is 5.92 Å². The smallest absolute Gasteiger partial charge is 0.326 e. The van der Waals surface area contributed by atoms with Crippen LogP contribution in [0.4, 0.5) is 0 Å². The monoisotopic (exact) mass is 217 g/mol. The zero-order chi connectivity index (χ0) is 12.0. The lowest BCUT2D eigenvalue weighted by atomic mass is 10.1. The summed E-state index contributed by atoms with van der Waals surface area (Å²) in [5, 5.41) is 11.0. The second-order valence-corrected chi connectivity index (χ2v) is 3.41. The topological polar surface area (TPSA) is 92.7 Å². The number of rotatable bonds is 5. The number of carboxylic acids is 1. The number of carboxylic acid groups (broad SMARTS) is 1. The van der Waals surface area contributed by atoms with E-state index in [0.29, 0.717) is 0 Å². The van der Waals surface area contributed by atoms with E-state index in [1.807, 2.05) is 0 Å². The third-order valence-electron chi connectivity index (χ3n) is 1.66. The molecule has 6 heteroatoms. The van der Waals surface area contributed by atoms with E-state index < -0.39 is 30.5 Å². The quantitative estimate of drug-likeness (QED) is 0.621. The van der Waals surface area contributed by atoms with Crippen molar-refractivity contribution < 1.29 is 24.2 Å². The van der Waals surface area contributed by atoms with Crippen molar-refractivity contribution >= 4 is 17.8 Å². The van der Waals surface area contributed by atoms with Crippen LogP contribution in [-0.2, 0) is 19.1 Å². The van der Waals surface area contributed by atoms with E-state index in [1.54, 1.807) is 13.8 Å². The van der Waals surface area contributed by atoms with Gasteiger partial charge >= 0.3 is 11.9 Å². The summed E-state index contributed by atoms with van der Waals surface area (Å²) in [4.78, 5) is 32.2. The van der Waals surface area contributed by atoms with Crippen molar-refractivity contribution in [2.24, 2.45) is 5.92 Å². The summed E-state index contributed by atoms with van der Waals surface area (Å²) in [5.41, 5.74) is 0. The molecule has 2 N–H and O–H groups in total. The molecule has 0 aliphatic carbocycles. The highest BCUT2D eigenvalue weighted by atomic mass is 16.5. The van der Waals surface area contributed by atoms with Crippen LogP contribution in [0.5, 0.6) is 0 Å². The second-order valence-electron chi connectivity index (χ2n) is 3.41. The molecule has 0 saturated carbocycles. The highest BCUT2D eigenvalue weighted by molar-refractivity contribution is 5.85. The van der Waals surface area contributed by atoms with E-state index in [9.17, 15) is 14.4 Å². The van der Waals surface area contributed by atoms with Crippen LogP contribution >= 0.6 is 0 Å². The zero-order valence-corrected chi connectivity index (χ0v) is 8.94. The molecule has 1 amide bonds. The summed E-state index contributed by atoms with van der Waals surface area (Å²) in [6.45, 7) is 4.06. The van der Waals surface area contributed by atoms with Gasteiger partial charge in [-0.1, -0.05) is 13.8 Å². The molecule has 0 aromatic carbocycles. The van der Waals surface area contributed by atoms with Gasteiger partial charge in [0.1, 0.15) is 6.04 Å². The Kier molecular flexibility index (Phi) is 5.36. The molecular formula is C9H15NO5. The average molecular weight is 217 g/mol. The number of amides is 1. The maximum atomic E-state index is 11.1. The fourth-order valence-electron chi connectivity index (χ4n) is 0.896. The number of hydrogen-bond donors (Lipinski definition) is 2. The molecule has 0 aromatic rings. The fourth-order valence-corrected chi connectivity index (χ4v) is 0.896. The molecule has 0 unspecified atom stereocenters. The van der Waals surface area contributed by atoms with Crippen molar-refractivity contribution in [3.63, 3.8) is 0 Å². The SMILES string of the molecule is CC(=O)OCC(=O)N[C@H](C(=O)O)C(C)C. The Labute approximate surface area is 87.6 Å². The van der Waals surface area contributed by atoms with Gasteiger partial charge in [-0.3, -0.25) is 9.59 Å². The minimum absolute atomic E-state index is 0.233. The summed E-state index contributed by atoms with van der Waals surface area (Å²) in [7, 11) is 0. The minimum atomic E-state index is -1.11. The van der Waals surface area contributed by atoms with Gasteiger partial charge in [0.2, 0.25) is 0 Å². The van der Waals surface area contributed by atoms with Crippen molar-refractivity contribution in [2.45, 2.75) is 26.8 Å². The van der Waals surface area contributed by atoms with Crippen LogP contribution in [0.1, 0.15) is 20.8 Å². The maximum Gasteiger partial charge on any atom is 0.326 e. The highest BCUT2D eigenvalue weighted by Gasteiger charge is 2.23. The zero-order valence-electron chi connectivity index (χ0n) is 8.94. The van der Waals surface area contributed by atoms with Crippen LogP contribution in [0.2, 0.25) is 0 Å². The molecule has 1 atom stereocenters. The van der Waals surface area contributed by atoms with Crippen LogP contribution in [-0.4, -0.2) is 35.6 Å². The molecule has 15 heavy (non-hydrogen) atoms. The Hall–Kier alpha value is -1.59. The predicted molar refractivity (Wildman–Crippen MR) is 51.0 cm³/mol. The normalized spacial score (nSPS) is 12.0. The number of carbonyl (C=O) groups is 3. The van der Waals surface area contributed by atoms with Crippen molar-refractivity contribution in [1.29, 1.82) is 0 Å². The number of ether oxygens (including phenoxy) is 1. The summed E-state index contributed by atoms with van der Waals surface area (Å²) >= 11 is 0. The van der Waals surface area contributed by atoms with E-state index >= 15 is 0 Å². The molecular weight excluding hydrogens is 202 g/mol. The van der Waals surface area contributed by atoms with Gasteiger partial charge in [0.25, 0.3) is 5.91 Å². The van der Waals surface area contributed by atoms with E-state index in [1.165, 1.54) is 6.92 Å². The Morgan fingerprint density at radius 2 is 1.87 bits per heavy atom. The fraction of sp³-hybridized carbons (Fsp3) is 0.667. The summed E-state index contributed by atoms with van der Waals surface area (Å²) in [5.74, 6) is -2.54. The number of nitrogens with one attached hydrogen (secondary N) is 1. The Balaban J connectivity index is 4.12. The lowest BCUT2D eigenvalue weighted by molar-refractivity contribution is -0.148. The number of esters is 1.